The number of imidazole rings is 1. The van der Waals surface area contributed by atoms with Crippen LogP contribution in [-0.2, 0) is 0 Å². The van der Waals surface area contributed by atoms with Crippen molar-refractivity contribution in [3.05, 3.63) is 279 Å². The largest absolute Gasteiger partial charge is 0.292 e. The first kappa shape index (κ1) is 41.8. The van der Waals surface area contributed by atoms with E-state index < -0.39 is 0 Å². The molecule has 12 aromatic carbocycles. The van der Waals surface area contributed by atoms with E-state index in [1.54, 1.807) is 0 Å². The fourth-order valence-electron chi connectivity index (χ4n) is 10.5. The van der Waals surface area contributed by atoms with E-state index in [2.05, 4.69) is 284 Å². The third-order valence-corrected chi connectivity index (χ3v) is 14.0. The van der Waals surface area contributed by atoms with Crippen LogP contribution in [-0.4, -0.2) is 9.55 Å². The maximum Gasteiger partial charge on any atom is 0.145 e. The van der Waals surface area contributed by atoms with Gasteiger partial charge in [-0.3, -0.25) is 4.57 Å². The highest BCUT2D eigenvalue weighted by Crippen LogP contribution is 2.47. The highest BCUT2D eigenvalue weighted by molar-refractivity contribution is 6.22. The molecule has 0 aliphatic rings. The first-order valence-electron chi connectivity index (χ1n) is 24.3. The van der Waals surface area contributed by atoms with Gasteiger partial charge in [0.25, 0.3) is 0 Å². The minimum absolute atomic E-state index is 0.931. The number of hydrogen-bond donors (Lipinski definition) is 0. The van der Waals surface area contributed by atoms with Gasteiger partial charge in [0.1, 0.15) is 5.82 Å². The lowest BCUT2D eigenvalue weighted by Crippen LogP contribution is -1.97. The minimum atomic E-state index is 0.931. The first-order chi connectivity index (χ1) is 35.2. The normalized spacial score (nSPS) is 11.4. The predicted molar refractivity (Wildman–Crippen MR) is 300 cm³/mol. The molecule has 0 saturated carbocycles. The predicted octanol–water partition coefficient (Wildman–Crippen LogP) is 18.7. The molecule has 0 N–H and O–H groups in total. The maximum atomic E-state index is 5.24. The van der Waals surface area contributed by atoms with Gasteiger partial charge in [-0.15, -0.1) is 0 Å². The van der Waals surface area contributed by atoms with Crippen molar-refractivity contribution >= 4 is 32.6 Å². The average Bonchev–Trinajstić information content (AvgIpc) is 3.85. The molecule has 1 heterocycles. The van der Waals surface area contributed by atoms with Crippen LogP contribution in [0.1, 0.15) is 0 Å². The third-order valence-electron chi connectivity index (χ3n) is 14.0. The van der Waals surface area contributed by atoms with E-state index >= 15 is 0 Å². The van der Waals surface area contributed by atoms with E-state index in [0.29, 0.717) is 0 Å². The number of aromatic nitrogens is 2. The number of nitrogens with zero attached hydrogens (tertiary/aromatic N) is 2. The summed E-state index contributed by atoms with van der Waals surface area (Å²) in [7, 11) is 0. The Kier molecular flexibility index (Phi) is 10.6. The molecule has 71 heavy (non-hydrogen) atoms. The van der Waals surface area contributed by atoms with Crippen molar-refractivity contribution < 1.29 is 0 Å². The van der Waals surface area contributed by atoms with Gasteiger partial charge in [0.15, 0.2) is 0 Å². The number of para-hydroxylation sites is 1. The molecule has 0 bridgehead atoms. The van der Waals surface area contributed by atoms with Gasteiger partial charge < -0.3 is 0 Å². The summed E-state index contributed by atoms with van der Waals surface area (Å²) in [5.74, 6) is 0.931. The monoisotopic (exact) mass is 902 g/mol. The molecule has 0 amide bonds. The molecule has 0 spiro atoms. The molecule has 332 valence electrons. The van der Waals surface area contributed by atoms with E-state index in [0.717, 1.165) is 39.2 Å². The molecule has 0 saturated heterocycles. The SMILES string of the molecule is c1ccc(-c2cc(-c3ccccc3)cc(-c3ccc4c(-c5ccccc5)c5cc(-c6ccc(-c7ccc8c(c7)nc(-c7ccccc7)n8-c7ccccc7)cc6)ccc5c(-c5ccccc5)c4c3)c2)cc1. The Bertz CT molecular complexity index is 3970. The molecule has 1 aromatic heterocycles. The lowest BCUT2D eigenvalue weighted by molar-refractivity contribution is 1.10. The zero-order valence-electron chi connectivity index (χ0n) is 39.0. The van der Waals surface area contributed by atoms with Gasteiger partial charge in [0.05, 0.1) is 11.0 Å². The molecular formula is C69H46N2. The molecule has 0 unspecified atom stereocenters. The Morgan fingerprint density at radius 3 is 1.03 bits per heavy atom. The fourth-order valence-corrected chi connectivity index (χ4v) is 10.5. The summed E-state index contributed by atoms with van der Waals surface area (Å²) in [6.07, 6.45) is 0. The van der Waals surface area contributed by atoms with Crippen molar-refractivity contribution in [1.29, 1.82) is 0 Å². The van der Waals surface area contributed by atoms with E-state index in [1.807, 2.05) is 0 Å². The minimum Gasteiger partial charge on any atom is -0.292 e. The summed E-state index contributed by atoms with van der Waals surface area (Å²) in [6.45, 7) is 0. The van der Waals surface area contributed by atoms with Crippen molar-refractivity contribution in [1.82, 2.24) is 9.55 Å². The fraction of sp³-hybridized carbons (Fsp3) is 0. The molecule has 13 rings (SSSR count). The van der Waals surface area contributed by atoms with Crippen LogP contribution in [0.4, 0.5) is 0 Å². The van der Waals surface area contributed by atoms with Crippen LogP contribution in [0.5, 0.6) is 0 Å². The van der Waals surface area contributed by atoms with Crippen LogP contribution in [0.15, 0.2) is 279 Å². The maximum absolute atomic E-state index is 5.24. The Morgan fingerprint density at radius 1 is 0.225 bits per heavy atom. The second kappa shape index (κ2) is 17.9. The Hall–Kier alpha value is -9.37. The molecule has 0 fully saturated rings. The van der Waals surface area contributed by atoms with E-state index in [4.69, 9.17) is 4.98 Å². The highest BCUT2D eigenvalue weighted by Gasteiger charge is 2.20. The van der Waals surface area contributed by atoms with Gasteiger partial charge in [-0.2, -0.15) is 0 Å². The van der Waals surface area contributed by atoms with Crippen molar-refractivity contribution in [2.24, 2.45) is 0 Å². The van der Waals surface area contributed by atoms with Crippen molar-refractivity contribution in [2.75, 3.05) is 0 Å². The van der Waals surface area contributed by atoms with Crippen molar-refractivity contribution in [3.8, 4) is 95.0 Å². The number of fused-ring (bicyclic) bond motifs is 3. The summed E-state index contributed by atoms with van der Waals surface area (Å²) >= 11 is 0. The van der Waals surface area contributed by atoms with Crippen LogP contribution in [0.3, 0.4) is 0 Å². The molecule has 0 radical (unpaired) electrons. The van der Waals surface area contributed by atoms with E-state index in [9.17, 15) is 0 Å². The number of hydrogen-bond acceptors (Lipinski definition) is 1. The number of rotatable bonds is 9. The lowest BCUT2D eigenvalue weighted by atomic mass is 9.83. The Morgan fingerprint density at radius 2 is 0.563 bits per heavy atom. The zero-order valence-corrected chi connectivity index (χ0v) is 39.0. The van der Waals surface area contributed by atoms with Gasteiger partial charge >= 0.3 is 0 Å². The molecule has 0 atom stereocenters. The summed E-state index contributed by atoms with van der Waals surface area (Å²) in [4.78, 5) is 5.24. The second-order valence-electron chi connectivity index (χ2n) is 18.3. The molecule has 13 aromatic rings. The van der Waals surface area contributed by atoms with Gasteiger partial charge in [0, 0.05) is 11.3 Å². The van der Waals surface area contributed by atoms with Crippen LogP contribution in [0.25, 0.3) is 128 Å². The van der Waals surface area contributed by atoms with Crippen LogP contribution < -0.4 is 0 Å². The average molecular weight is 903 g/mol. The first-order valence-corrected chi connectivity index (χ1v) is 24.3. The summed E-state index contributed by atoms with van der Waals surface area (Å²) in [5.41, 5.74) is 20.9. The van der Waals surface area contributed by atoms with Gasteiger partial charge in [-0.1, -0.05) is 224 Å². The molecular weight excluding hydrogens is 857 g/mol. The van der Waals surface area contributed by atoms with Gasteiger partial charge in [-0.25, -0.2) is 4.98 Å². The van der Waals surface area contributed by atoms with Crippen LogP contribution in [0, 0.1) is 0 Å². The molecule has 0 aliphatic carbocycles. The van der Waals surface area contributed by atoms with Crippen LogP contribution >= 0.6 is 0 Å². The van der Waals surface area contributed by atoms with Crippen LogP contribution in [0.2, 0.25) is 0 Å². The smallest absolute Gasteiger partial charge is 0.145 e. The van der Waals surface area contributed by atoms with E-state index in [-0.39, 0.29) is 0 Å². The van der Waals surface area contributed by atoms with Gasteiger partial charge in [-0.05, 0) is 154 Å². The third kappa shape index (κ3) is 7.78. The Labute approximate surface area is 414 Å². The highest BCUT2D eigenvalue weighted by atomic mass is 15.1. The molecule has 2 heteroatoms. The van der Waals surface area contributed by atoms with E-state index in [1.165, 1.54) is 88.3 Å². The molecule has 0 aliphatic heterocycles. The molecule has 2 nitrogen and oxygen atoms in total. The zero-order chi connectivity index (χ0) is 47.1. The quantitative estimate of drug-likeness (QED) is 0.132. The number of benzene rings is 12. The summed E-state index contributed by atoms with van der Waals surface area (Å²) in [5, 5.41) is 4.90. The van der Waals surface area contributed by atoms with Crippen molar-refractivity contribution in [2.45, 2.75) is 0 Å². The second-order valence-corrected chi connectivity index (χ2v) is 18.3. The topological polar surface area (TPSA) is 17.8 Å². The summed E-state index contributed by atoms with van der Waals surface area (Å²) in [6, 6.07) is 101. The van der Waals surface area contributed by atoms with Crippen molar-refractivity contribution in [3.63, 3.8) is 0 Å². The standard InChI is InChI=1S/C69H46N2/c1-7-19-47(20-8-1)57-41-58(48-21-9-2-10-22-48)43-59(42-57)55-36-39-62-64(45-55)68(52-25-13-4-14-26-52)61-38-35-54(44-63(61)67(62)51-23-11-3-12-24-51)49-31-33-50(34-32-49)56-37-40-66-65(46-56)70-69(53-27-15-5-16-28-53)71(66)60-29-17-6-18-30-60/h1-46H. The van der Waals surface area contributed by atoms with Gasteiger partial charge in [0.2, 0.25) is 0 Å². The lowest BCUT2D eigenvalue weighted by Gasteiger charge is -2.20. The Balaban J connectivity index is 0.948. The summed E-state index contributed by atoms with van der Waals surface area (Å²) < 4.78 is 2.26.